The van der Waals surface area contributed by atoms with Gasteiger partial charge in [0.05, 0.1) is 24.5 Å². The van der Waals surface area contributed by atoms with Gasteiger partial charge in [0.1, 0.15) is 17.4 Å². The first kappa shape index (κ1) is 26.4. The molecule has 3 aliphatic heterocycles. The van der Waals surface area contributed by atoms with Gasteiger partial charge in [0, 0.05) is 25.4 Å². The van der Waals surface area contributed by atoms with Crippen LogP contribution in [0, 0.1) is 17.8 Å². The molecule has 3 heterocycles. The van der Waals surface area contributed by atoms with Crippen LogP contribution in [0.2, 0.25) is 0 Å². The fraction of sp³-hybridized carbons (Fsp3) is 0.667. The summed E-state index contributed by atoms with van der Waals surface area (Å²) >= 11 is 0. The molecular weight excluding hydrogens is 462 g/mol. The van der Waals surface area contributed by atoms with Crippen molar-refractivity contribution in [3.05, 3.63) is 24.3 Å². The van der Waals surface area contributed by atoms with Gasteiger partial charge in [0.2, 0.25) is 17.7 Å². The minimum absolute atomic E-state index is 0.00421. The average molecular weight is 502 g/mol. The number of likely N-dealkylation sites (tertiary alicyclic amines) is 1. The zero-order valence-corrected chi connectivity index (χ0v) is 21.7. The van der Waals surface area contributed by atoms with E-state index in [1.54, 1.807) is 36.3 Å². The number of nitrogens with zero attached hydrogens (tertiary/aromatic N) is 1. The summed E-state index contributed by atoms with van der Waals surface area (Å²) in [7, 11) is 1.58. The highest BCUT2D eigenvalue weighted by atomic mass is 16.5. The summed E-state index contributed by atoms with van der Waals surface area (Å²) in [5, 5.41) is 15.1. The number of carbonyl (C=O) groups excluding carboxylic acids is 3. The Morgan fingerprint density at radius 1 is 1.19 bits per heavy atom. The second-order valence-electron chi connectivity index (χ2n) is 10.5. The first-order valence-corrected chi connectivity index (χ1v) is 13.1. The summed E-state index contributed by atoms with van der Waals surface area (Å²) in [5.74, 6) is -1.37. The molecule has 36 heavy (non-hydrogen) atoms. The first-order chi connectivity index (χ1) is 17.2. The van der Waals surface area contributed by atoms with E-state index in [0.717, 1.165) is 12.8 Å². The number of hydrogen-bond acceptors (Lipinski definition) is 6. The third-order valence-corrected chi connectivity index (χ3v) is 8.31. The van der Waals surface area contributed by atoms with Crippen LogP contribution in [0.4, 0.5) is 5.69 Å². The number of ether oxygens (including phenoxy) is 2. The smallest absolute Gasteiger partial charge is 0.250 e. The van der Waals surface area contributed by atoms with Gasteiger partial charge in [0.25, 0.3) is 0 Å². The number of fused-ring (bicyclic) bond motifs is 1. The molecule has 198 valence electrons. The van der Waals surface area contributed by atoms with E-state index >= 15 is 0 Å². The van der Waals surface area contributed by atoms with E-state index in [1.807, 2.05) is 20.8 Å². The third kappa shape index (κ3) is 4.26. The normalized spacial score (nSPS) is 32.5. The highest BCUT2D eigenvalue weighted by Gasteiger charge is 2.79. The summed E-state index contributed by atoms with van der Waals surface area (Å²) in [6.45, 7) is 6.92. The van der Waals surface area contributed by atoms with Gasteiger partial charge in [-0.05, 0) is 69.2 Å². The molecule has 9 heteroatoms. The van der Waals surface area contributed by atoms with Crippen molar-refractivity contribution < 1.29 is 29.0 Å². The molecule has 9 nitrogen and oxygen atoms in total. The Hall–Kier alpha value is -2.65. The Morgan fingerprint density at radius 2 is 1.92 bits per heavy atom. The minimum Gasteiger partial charge on any atom is -0.497 e. The molecule has 3 N–H and O–H groups in total. The number of hydrogen-bond donors (Lipinski definition) is 3. The number of anilines is 1. The quantitative estimate of drug-likeness (QED) is 0.401. The van der Waals surface area contributed by atoms with Crippen LogP contribution in [0.5, 0.6) is 5.75 Å². The summed E-state index contributed by atoms with van der Waals surface area (Å²) in [5.41, 5.74) is -1.29. The molecule has 1 aromatic carbocycles. The predicted molar refractivity (Wildman–Crippen MR) is 134 cm³/mol. The van der Waals surface area contributed by atoms with E-state index < -0.39 is 29.1 Å². The van der Waals surface area contributed by atoms with Crippen LogP contribution in [0.15, 0.2) is 24.3 Å². The van der Waals surface area contributed by atoms with Crippen LogP contribution in [-0.2, 0) is 19.1 Å². The molecular formula is C27H39N3O6. The van der Waals surface area contributed by atoms with Gasteiger partial charge < -0.3 is 30.1 Å². The van der Waals surface area contributed by atoms with Crippen molar-refractivity contribution in [3.63, 3.8) is 0 Å². The minimum atomic E-state index is -1.06. The summed E-state index contributed by atoms with van der Waals surface area (Å²) < 4.78 is 11.9. The van der Waals surface area contributed by atoms with Crippen LogP contribution < -0.4 is 15.4 Å². The molecule has 4 rings (SSSR count). The molecule has 3 unspecified atom stereocenters. The Morgan fingerprint density at radius 3 is 2.56 bits per heavy atom. The van der Waals surface area contributed by atoms with E-state index in [0.29, 0.717) is 43.8 Å². The van der Waals surface area contributed by atoms with Gasteiger partial charge in [-0.15, -0.1) is 0 Å². The number of unbranched alkanes of at least 4 members (excludes halogenated alkanes) is 2. The van der Waals surface area contributed by atoms with Crippen molar-refractivity contribution in [3.8, 4) is 5.75 Å². The maximum absolute atomic E-state index is 13.9. The number of aliphatic hydroxyl groups excluding tert-OH is 1. The molecule has 0 aliphatic carbocycles. The second-order valence-corrected chi connectivity index (χ2v) is 10.5. The van der Waals surface area contributed by atoms with Crippen molar-refractivity contribution >= 4 is 23.4 Å². The Kier molecular flexibility index (Phi) is 7.61. The van der Waals surface area contributed by atoms with Crippen LogP contribution in [0.3, 0.4) is 0 Å². The lowest BCUT2D eigenvalue weighted by Gasteiger charge is -2.36. The van der Waals surface area contributed by atoms with Gasteiger partial charge in [-0.2, -0.15) is 0 Å². The van der Waals surface area contributed by atoms with Crippen LogP contribution in [0.1, 0.15) is 52.9 Å². The van der Waals surface area contributed by atoms with E-state index in [1.165, 1.54) is 0 Å². The molecule has 3 saturated heterocycles. The largest absolute Gasteiger partial charge is 0.497 e. The Bertz CT molecular complexity index is 984. The zero-order valence-electron chi connectivity index (χ0n) is 21.7. The molecule has 3 amide bonds. The van der Waals surface area contributed by atoms with Gasteiger partial charge >= 0.3 is 0 Å². The molecule has 1 aromatic rings. The molecule has 3 fully saturated rings. The fourth-order valence-corrected chi connectivity index (χ4v) is 6.49. The highest BCUT2D eigenvalue weighted by molar-refractivity contribution is 6.03. The number of carbonyl (C=O) groups is 3. The SMILES string of the molecule is CCCNC(=O)[C@@H]1[C@H]2C(=O)N(CCCCCO)C(C(=O)Nc3ccc(OC)cc3)C23CC(C)[C@@]1(C)O3. The lowest BCUT2D eigenvalue weighted by molar-refractivity contribution is -0.146. The monoisotopic (exact) mass is 501 g/mol. The van der Waals surface area contributed by atoms with Gasteiger partial charge in [-0.3, -0.25) is 14.4 Å². The summed E-state index contributed by atoms with van der Waals surface area (Å²) in [6.07, 6.45) is 3.35. The molecule has 0 saturated carbocycles. The number of rotatable bonds is 11. The molecule has 2 bridgehead atoms. The number of aliphatic hydroxyl groups is 1. The van der Waals surface area contributed by atoms with Crippen molar-refractivity contribution in [2.75, 3.05) is 32.1 Å². The van der Waals surface area contributed by atoms with Crippen molar-refractivity contribution in [2.45, 2.75) is 70.1 Å². The number of nitrogens with one attached hydrogen (secondary N) is 2. The lowest BCUT2D eigenvalue weighted by atomic mass is 9.62. The summed E-state index contributed by atoms with van der Waals surface area (Å²) in [4.78, 5) is 42.8. The van der Waals surface area contributed by atoms with Crippen LogP contribution >= 0.6 is 0 Å². The molecule has 3 aliphatic rings. The average Bonchev–Trinajstić information content (AvgIpc) is 3.37. The van der Waals surface area contributed by atoms with E-state index in [4.69, 9.17) is 9.47 Å². The number of methoxy groups -OCH3 is 1. The van der Waals surface area contributed by atoms with E-state index in [-0.39, 0.29) is 30.2 Å². The maximum Gasteiger partial charge on any atom is 0.250 e. The second kappa shape index (κ2) is 10.4. The Labute approximate surface area is 212 Å². The van der Waals surface area contributed by atoms with Crippen LogP contribution in [0.25, 0.3) is 0 Å². The van der Waals surface area contributed by atoms with Crippen molar-refractivity contribution in [1.29, 1.82) is 0 Å². The predicted octanol–water partition coefficient (Wildman–Crippen LogP) is 2.33. The topological polar surface area (TPSA) is 117 Å². The first-order valence-electron chi connectivity index (χ1n) is 13.1. The molecule has 0 radical (unpaired) electrons. The summed E-state index contributed by atoms with van der Waals surface area (Å²) in [6, 6.07) is 6.19. The highest BCUT2D eigenvalue weighted by Crippen LogP contribution is 2.65. The van der Waals surface area contributed by atoms with Gasteiger partial charge in [0.15, 0.2) is 0 Å². The third-order valence-electron chi connectivity index (χ3n) is 8.31. The van der Waals surface area contributed by atoms with E-state index in [2.05, 4.69) is 10.6 Å². The van der Waals surface area contributed by atoms with Crippen LogP contribution in [-0.4, -0.2) is 71.8 Å². The molecule has 6 atom stereocenters. The van der Waals surface area contributed by atoms with Crippen molar-refractivity contribution in [1.82, 2.24) is 10.2 Å². The number of amides is 3. The molecule has 1 spiro atoms. The standard InChI is InChI=1S/C27H39N3O6/c1-5-13-28-23(32)20-21-25(34)30(14-7-6-8-15-31)22(27(21)16-17(2)26(20,3)36-27)24(33)29-18-9-11-19(35-4)12-10-18/h9-12,17,20-22,31H,5-8,13-16H2,1-4H3,(H,28,32)(H,29,33)/t17?,20-,21-,22?,26+,27?/m0/s1. The number of benzene rings is 1. The van der Waals surface area contributed by atoms with E-state index in [9.17, 15) is 19.5 Å². The molecule has 0 aromatic heterocycles. The van der Waals surface area contributed by atoms with Crippen molar-refractivity contribution in [2.24, 2.45) is 17.8 Å². The lowest BCUT2D eigenvalue weighted by Crippen LogP contribution is -2.54. The zero-order chi connectivity index (χ0) is 26.1. The van der Waals surface area contributed by atoms with Gasteiger partial charge in [-0.25, -0.2) is 0 Å². The maximum atomic E-state index is 13.9. The fourth-order valence-electron chi connectivity index (χ4n) is 6.49. The van der Waals surface area contributed by atoms with Gasteiger partial charge in [-0.1, -0.05) is 13.8 Å². The Balaban J connectivity index is 1.68.